The van der Waals surface area contributed by atoms with Crippen LogP contribution in [-0.4, -0.2) is 9.97 Å². The molecule has 0 aliphatic carbocycles. The summed E-state index contributed by atoms with van der Waals surface area (Å²) in [6.07, 6.45) is 3.60. The first-order chi connectivity index (χ1) is 5.88. The van der Waals surface area contributed by atoms with E-state index in [0.29, 0.717) is 0 Å². The number of rotatable bonds is 1. The minimum atomic E-state index is 1.01. The standard InChI is InChI=1S/C10H10N2/c1-8-4-2-3-5-9(8)10-6-11-7-12-10/h2-7H,1H3,(H,11,12). The summed E-state index contributed by atoms with van der Waals surface area (Å²) < 4.78 is 0. The van der Waals surface area contributed by atoms with Crippen molar-refractivity contribution < 1.29 is 0 Å². The van der Waals surface area contributed by atoms with E-state index in [1.165, 1.54) is 11.1 Å². The maximum atomic E-state index is 4.19. The predicted molar refractivity (Wildman–Crippen MR) is 48.8 cm³/mol. The molecule has 0 amide bonds. The fraction of sp³-hybridized carbons (Fsp3) is 0.100. The summed E-state index contributed by atoms with van der Waals surface area (Å²) in [5.41, 5.74) is 3.46. The molecule has 12 heavy (non-hydrogen) atoms. The Morgan fingerprint density at radius 1 is 1.25 bits per heavy atom. The van der Waals surface area contributed by atoms with E-state index in [1.54, 1.807) is 6.33 Å². The van der Waals surface area contributed by atoms with E-state index in [2.05, 4.69) is 29.0 Å². The Balaban J connectivity index is 2.55. The van der Waals surface area contributed by atoms with Gasteiger partial charge in [0.25, 0.3) is 0 Å². The Kier molecular flexibility index (Phi) is 1.67. The molecular weight excluding hydrogens is 148 g/mol. The second kappa shape index (κ2) is 2.81. The first kappa shape index (κ1) is 7.10. The van der Waals surface area contributed by atoms with Gasteiger partial charge < -0.3 is 4.98 Å². The van der Waals surface area contributed by atoms with Crippen molar-refractivity contribution in [2.24, 2.45) is 0 Å². The molecule has 0 aliphatic rings. The van der Waals surface area contributed by atoms with Crippen LogP contribution in [-0.2, 0) is 0 Å². The normalized spacial score (nSPS) is 10.1. The van der Waals surface area contributed by atoms with Gasteiger partial charge in [-0.05, 0) is 12.5 Å². The monoisotopic (exact) mass is 158 g/mol. The van der Waals surface area contributed by atoms with Gasteiger partial charge in [0.15, 0.2) is 0 Å². The molecule has 0 radical (unpaired) electrons. The van der Waals surface area contributed by atoms with Crippen molar-refractivity contribution in [2.45, 2.75) is 6.92 Å². The fourth-order valence-electron chi connectivity index (χ4n) is 1.27. The van der Waals surface area contributed by atoms with Crippen LogP contribution in [0.15, 0.2) is 36.8 Å². The lowest BCUT2D eigenvalue weighted by atomic mass is 10.1. The Bertz CT molecular complexity index is 363. The number of hydrogen-bond donors (Lipinski definition) is 1. The van der Waals surface area contributed by atoms with E-state index >= 15 is 0 Å². The van der Waals surface area contributed by atoms with Crippen molar-refractivity contribution in [3.8, 4) is 11.3 Å². The highest BCUT2D eigenvalue weighted by atomic mass is 14.9. The number of benzene rings is 1. The largest absolute Gasteiger partial charge is 0.351 e. The fourth-order valence-corrected chi connectivity index (χ4v) is 1.27. The quantitative estimate of drug-likeness (QED) is 0.678. The molecule has 0 saturated carbocycles. The summed E-state index contributed by atoms with van der Waals surface area (Å²) in [6.45, 7) is 2.09. The van der Waals surface area contributed by atoms with Crippen molar-refractivity contribution in [1.29, 1.82) is 0 Å². The van der Waals surface area contributed by atoms with Crippen molar-refractivity contribution in [3.05, 3.63) is 42.4 Å². The number of hydrogen-bond acceptors (Lipinski definition) is 1. The van der Waals surface area contributed by atoms with Gasteiger partial charge in [-0.15, -0.1) is 0 Å². The highest BCUT2D eigenvalue weighted by molar-refractivity contribution is 5.62. The Morgan fingerprint density at radius 2 is 2.08 bits per heavy atom. The maximum absolute atomic E-state index is 4.19. The predicted octanol–water partition coefficient (Wildman–Crippen LogP) is 2.39. The summed E-state index contributed by atoms with van der Waals surface area (Å²) in [5, 5.41) is 0. The van der Waals surface area contributed by atoms with Gasteiger partial charge in [-0.1, -0.05) is 24.3 Å². The molecule has 2 aromatic rings. The van der Waals surface area contributed by atoms with Crippen molar-refractivity contribution in [1.82, 2.24) is 9.97 Å². The number of imidazole rings is 1. The number of nitrogens with zero attached hydrogens (tertiary/aromatic N) is 1. The number of aromatic nitrogens is 2. The lowest BCUT2D eigenvalue weighted by Crippen LogP contribution is -1.80. The molecule has 0 unspecified atom stereocenters. The molecule has 0 spiro atoms. The van der Waals surface area contributed by atoms with Crippen LogP contribution in [0.4, 0.5) is 0 Å². The van der Waals surface area contributed by atoms with E-state index in [1.807, 2.05) is 18.3 Å². The number of nitrogens with one attached hydrogen (secondary N) is 1. The lowest BCUT2D eigenvalue weighted by Gasteiger charge is -1.99. The molecule has 1 aromatic carbocycles. The molecule has 1 aromatic heterocycles. The molecule has 0 atom stereocenters. The van der Waals surface area contributed by atoms with Crippen LogP contribution in [0.25, 0.3) is 11.3 Å². The molecule has 2 nitrogen and oxygen atoms in total. The minimum Gasteiger partial charge on any atom is -0.351 e. The van der Waals surface area contributed by atoms with Crippen molar-refractivity contribution >= 4 is 0 Å². The third kappa shape index (κ3) is 1.11. The van der Waals surface area contributed by atoms with E-state index in [-0.39, 0.29) is 0 Å². The molecule has 1 heterocycles. The van der Waals surface area contributed by atoms with Crippen LogP contribution in [0.2, 0.25) is 0 Å². The van der Waals surface area contributed by atoms with E-state index in [0.717, 1.165) is 5.69 Å². The third-order valence-electron chi connectivity index (χ3n) is 1.92. The van der Waals surface area contributed by atoms with Gasteiger partial charge in [-0.3, -0.25) is 0 Å². The Labute approximate surface area is 71.3 Å². The molecule has 2 rings (SSSR count). The van der Waals surface area contributed by atoms with Crippen LogP contribution in [0, 0.1) is 6.92 Å². The smallest absolute Gasteiger partial charge is 0.0927 e. The lowest BCUT2D eigenvalue weighted by molar-refractivity contribution is 1.31. The molecule has 0 fully saturated rings. The number of H-pyrrole nitrogens is 1. The average molecular weight is 158 g/mol. The van der Waals surface area contributed by atoms with E-state index < -0.39 is 0 Å². The van der Waals surface area contributed by atoms with Gasteiger partial charge in [-0.2, -0.15) is 0 Å². The zero-order valence-electron chi connectivity index (χ0n) is 6.91. The summed E-state index contributed by atoms with van der Waals surface area (Å²) in [5.74, 6) is 0. The summed E-state index contributed by atoms with van der Waals surface area (Å²) in [6, 6.07) is 8.22. The first-order valence-electron chi connectivity index (χ1n) is 3.93. The topological polar surface area (TPSA) is 28.7 Å². The van der Waals surface area contributed by atoms with Gasteiger partial charge in [0, 0.05) is 11.8 Å². The second-order valence-electron chi connectivity index (χ2n) is 2.77. The van der Waals surface area contributed by atoms with Crippen LogP contribution in [0.5, 0.6) is 0 Å². The first-order valence-corrected chi connectivity index (χ1v) is 3.93. The van der Waals surface area contributed by atoms with Crippen LogP contribution in [0.3, 0.4) is 0 Å². The molecular formula is C10H10N2. The third-order valence-corrected chi connectivity index (χ3v) is 1.92. The maximum Gasteiger partial charge on any atom is 0.0927 e. The molecule has 0 saturated heterocycles. The highest BCUT2D eigenvalue weighted by Crippen LogP contribution is 2.19. The van der Waals surface area contributed by atoms with Crippen LogP contribution < -0.4 is 0 Å². The number of aryl methyl sites for hydroxylation is 1. The van der Waals surface area contributed by atoms with Gasteiger partial charge in [0.2, 0.25) is 0 Å². The van der Waals surface area contributed by atoms with Crippen LogP contribution >= 0.6 is 0 Å². The zero-order chi connectivity index (χ0) is 8.39. The van der Waals surface area contributed by atoms with Gasteiger partial charge >= 0.3 is 0 Å². The molecule has 0 aliphatic heterocycles. The van der Waals surface area contributed by atoms with Gasteiger partial charge in [0.1, 0.15) is 0 Å². The number of aromatic amines is 1. The second-order valence-corrected chi connectivity index (χ2v) is 2.77. The summed E-state index contributed by atoms with van der Waals surface area (Å²) in [4.78, 5) is 7.14. The highest BCUT2D eigenvalue weighted by Gasteiger charge is 2.00. The van der Waals surface area contributed by atoms with Crippen molar-refractivity contribution in [2.75, 3.05) is 0 Å². The Hall–Kier alpha value is -1.57. The van der Waals surface area contributed by atoms with E-state index in [9.17, 15) is 0 Å². The minimum absolute atomic E-state index is 1.01. The van der Waals surface area contributed by atoms with Gasteiger partial charge in [0.05, 0.1) is 12.0 Å². The SMILES string of the molecule is Cc1ccccc1-c1c[nH]cn1. The zero-order valence-corrected chi connectivity index (χ0v) is 6.91. The summed E-state index contributed by atoms with van der Waals surface area (Å²) >= 11 is 0. The molecule has 1 N–H and O–H groups in total. The molecule has 2 heteroatoms. The molecule has 0 bridgehead atoms. The van der Waals surface area contributed by atoms with E-state index in [4.69, 9.17) is 0 Å². The average Bonchev–Trinajstić information content (AvgIpc) is 2.57. The van der Waals surface area contributed by atoms with Gasteiger partial charge in [-0.25, -0.2) is 4.98 Å². The molecule has 60 valence electrons. The van der Waals surface area contributed by atoms with Crippen LogP contribution in [0.1, 0.15) is 5.56 Å². The summed E-state index contributed by atoms with van der Waals surface area (Å²) in [7, 11) is 0. The Morgan fingerprint density at radius 3 is 2.75 bits per heavy atom. The van der Waals surface area contributed by atoms with Crippen molar-refractivity contribution in [3.63, 3.8) is 0 Å².